The van der Waals surface area contributed by atoms with Gasteiger partial charge in [0.15, 0.2) is 0 Å². The Hall–Kier alpha value is -1.05. The fraction of sp³-hybridized carbons (Fsp3) is 0.700. The zero-order valence-electron chi connectivity index (χ0n) is 8.11. The van der Waals surface area contributed by atoms with Crippen molar-refractivity contribution in [3.8, 4) is 12.3 Å². The molecule has 4 nitrogen and oxygen atoms in total. The average molecular weight is 197 g/mol. The van der Waals surface area contributed by atoms with Gasteiger partial charge in [0.25, 0.3) is 0 Å². The van der Waals surface area contributed by atoms with E-state index in [1.807, 2.05) is 0 Å². The summed E-state index contributed by atoms with van der Waals surface area (Å²) in [4.78, 5) is 12.6. The van der Waals surface area contributed by atoms with Crippen LogP contribution in [0.15, 0.2) is 0 Å². The van der Waals surface area contributed by atoms with Crippen molar-refractivity contribution < 1.29 is 14.6 Å². The molecular weight excluding hydrogens is 182 g/mol. The first-order valence-electron chi connectivity index (χ1n) is 4.71. The molecule has 1 atom stereocenters. The number of aliphatic carboxylic acids is 1. The molecule has 0 aromatic carbocycles. The molecule has 1 unspecified atom stereocenters. The number of hydrogen-bond donors (Lipinski definition) is 1. The molecule has 0 spiro atoms. The first kappa shape index (κ1) is 11.0. The van der Waals surface area contributed by atoms with Crippen LogP contribution >= 0.6 is 0 Å². The molecule has 78 valence electrons. The van der Waals surface area contributed by atoms with E-state index in [1.54, 1.807) is 0 Å². The number of terminal acetylenes is 1. The molecule has 1 aliphatic rings. The van der Waals surface area contributed by atoms with E-state index in [9.17, 15) is 4.79 Å². The van der Waals surface area contributed by atoms with Crippen molar-refractivity contribution in [3.63, 3.8) is 0 Å². The van der Waals surface area contributed by atoms with Gasteiger partial charge in [-0.05, 0) is 0 Å². The summed E-state index contributed by atoms with van der Waals surface area (Å²) in [5.74, 6) is 1.76. The minimum atomic E-state index is -0.811. The van der Waals surface area contributed by atoms with Crippen molar-refractivity contribution in [1.29, 1.82) is 0 Å². The van der Waals surface area contributed by atoms with Gasteiger partial charge in [-0.2, -0.15) is 0 Å². The number of carboxylic acid groups (broad SMARTS) is 1. The minimum Gasteiger partial charge on any atom is -0.481 e. The molecule has 0 saturated carbocycles. The van der Waals surface area contributed by atoms with Crippen LogP contribution in [0.5, 0.6) is 0 Å². The van der Waals surface area contributed by atoms with Crippen LogP contribution in [0.4, 0.5) is 0 Å². The molecule has 1 saturated heterocycles. The number of hydrogen-bond acceptors (Lipinski definition) is 3. The third-order valence-corrected chi connectivity index (χ3v) is 2.20. The second-order valence-electron chi connectivity index (χ2n) is 3.35. The average Bonchev–Trinajstić information content (AvgIpc) is 2.14. The summed E-state index contributed by atoms with van der Waals surface area (Å²) in [6, 6.07) is 0. The highest BCUT2D eigenvalue weighted by molar-refractivity contribution is 5.67. The van der Waals surface area contributed by atoms with Crippen LogP contribution < -0.4 is 0 Å². The third kappa shape index (κ3) is 3.77. The molecule has 4 heteroatoms. The van der Waals surface area contributed by atoms with Crippen molar-refractivity contribution in [1.82, 2.24) is 4.90 Å². The summed E-state index contributed by atoms with van der Waals surface area (Å²) in [5.41, 5.74) is 0. The van der Waals surface area contributed by atoms with Crippen LogP contribution in [0, 0.1) is 12.3 Å². The highest BCUT2D eigenvalue weighted by Gasteiger charge is 2.21. The molecule has 0 aliphatic carbocycles. The summed E-state index contributed by atoms with van der Waals surface area (Å²) in [6.45, 7) is 2.95. The van der Waals surface area contributed by atoms with E-state index in [-0.39, 0.29) is 12.5 Å². The van der Waals surface area contributed by atoms with Gasteiger partial charge in [-0.15, -0.1) is 12.3 Å². The molecule has 14 heavy (non-hydrogen) atoms. The summed E-state index contributed by atoms with van der Waals surface area (Å²) >= 11 is 0. The Morgan fingerprint density at radius 1 is 1.71 bits per heavy atom. The lowest BCUT2D eigenvalue weighted by Crippen LogP contribution is -2.43. The molecule has 0 amide bonds. The Bertz CT molecular complexity index is 234. The molecule has 1 rings (SSSR count). The Balaban J connectivity index is 2.29. The van der Waals surface area contributed by atoms with E-state index >= 15 is 0 Å². The molecule has 0 aromatic heterocycles. The van der Waals surface area contributed by atoms with E-state index in [4.69, 9.17) is 16.3 Å². The third-order valence-electron chi connectivity index (χ3n) is 2.20. The molecule has 1 aliphatic heterocycles. The number of nitrogens with zero attached hydrogens (tertiary/aromatic N) is 1. The lowest BCUT2D eigenvalue weighted by molar-refractivity contribution is -0.142. The smallest absolute Gasteiger partial charge is 0.306 e. The number of rotatable bonds is 4. The Morgan fingerprint density at radius 3 is 3.14 bits per heavy atom. The predicted molar refractivity (Wildman–Crippen MR) is 51.9 cm³/mol. The molecule has 0 bridgehead atoms. The first-order chi connectivity index (χ1) is 6.72. The minimum absolute atomic E-state index is 0.0759. The number of carbonyl (C=O) groups is 1. The number of morpholine rings is 1. The van der Waals surface area contributed by atoms with Gasteiger partial charge in [0.1, 0.15) is 0 Å². The van der Waals surface area contributed by atoms with Crippen LogP contribution in [0.1, 0.15) is 12.8 Å². The molecular formula is C10H15NO3. The molecule has 1 fully saturated rings. The van der Waals surface area contributed by atoms with Crippen LogP contribution in [0.3, 0.4) is 0 Å². The Kier molecular flexibility index (Phi) is 4.44. The summed E-state index contributed by atoms with van der Waals surface area (Å²) in [6.07, 6.45) is 5.76. The highest BCUT2D eigenvalue weighted by atomic mass is 16.5. The highest BCUT2D eigenvalue weighted by Crippen LogP contribution is 2.08. The van der Waals surface area contributed by atoms with Crippen molar-refractivity contribution in [2.45, 2.75) is 18.9 Å². The van der Waals surface area contributed by atoms with Gasteiger partial charge >= 0.3 is 5.97 Å². The van der Waals surface area contributed by atoms with Gasteiger partial charge in [0.2, 0.25) is 0 Å². The largest absolute Gasteiger partial charge is 0.481 e. The fourth-order valence-corrected chi connectivity index (χ4v) is 1.52. The van der Waals surface area contributed by atoms with Crippen molar-refractivity contribution in [2.75, 3.05) is 26.2 Å². The maximum Gasteiger partial charge on any atom is 0.306 e. The zero-order valence-corrected chi connectivity index (χ0v) is 8.11. The normalized spacial score (nSPS) is 22.9. The maximum atomic E-state index is 10.5. The van der Waals surface area contributed by atoms with Crippen molar-refractivity contribution in [2.24, 2.45) is 0 Å². The van der Waals surface area contributed by atoms with E-state index in [2.05, 4.69) is 10.8 Å². The lowest BCUT2D eigenvalue weighted by atomic mass is 10.2. The molecule has 1 heterocycles. The number of ether oxygens (including phenoxy) is 1. The van der Waals surface area contributed by atoms with Gasteiger partial charge in [0.05, 0.1) is 19.1 Å². The maximum absolute atomic E-state index is 10.5. The van der Waals surface area contributed by atoms with Gasteiger partial charge in [-0.3, -0.25) is 9.69 Å². The van der Waals surface area contributed by atoms with E-state index < -0.39 is 5.97 Å². The molecule has 0 aromatic rings. The topological polar surface area (TPSA) is 49.8 Å². The van der Waals surface area contributed by atoms with Gasteiger partial charge in [-0.1, -0.05) is 0 Å². The van der Waals surface area contributed by atoms with E-state index in [0.717, 1.165) is 13.1 Å². The Labute approximate surface area is 83.8 Å². The van der Waals surface area contributed by atoms with Crippen LogP contribution in [0.25, 0.3) is 0 Å². The van der Waals surface area contributed by atoms with Gasteiger partial charge in [-0.25, -0.2) is 0 Å². The SMILES string of the molecule is C#CCCN1CCOC(CC(=O)O)C1. The second kappa shape index (κ2) is 5.63. The monoisotopic (exact) mass is 197 g/mol. The van der Waals surface area contributed by atoms with Crippen LogP contribution in [-0.2, 0) is 9.53 Å². The van der Waals surface area contributed by atoms with E-state index in [0.29, 0.717) is 19.6 Å². The van der Waals surface area contributed by atoms with E-state index in [1.165, 1.54) is 0 Å². The van der Waals surface area contributed by atoms with Crippen molar-refractivity contribution in [3.05, 3.63) is 0 Å². The van der Waals surface area contributed by atoms with Crippen LogP contribution in [0.2, 0.25) is 0 Å². The summed E-state index contributed by atoms with van der Waals surface area (Å²) < 4.78 is 5.32. The summed E-state index contributed by atoms with van der Waals surface area (Å²) in [5, 5.41) is 8.60. The van der Waals surface area contributed by atoms with Gasteiger partial charge < -0.3 is 9.84 Å². The molecule has 1 N–H and O–H groups in total. The standard InChI is InChI=1S/C10H15NO3/c1-2-3-4-11-5-6-14-9(8-11)7-10(12)13/h1,9H,3-8H2,(H,12,13). The fourth-order valence-electron chi connectivity index (χ4n) is 1.52. The Morgan fingerprint density at radius 2 is 2.50 bits per heavy atom. The second-order valence-corrected chi connectivity index (χ2v) is 3.35. The van der Waals surface area contributed by atoms with Crippen molar-refractivity contribution >= 4 is 5.97 Å². The quantitative estimate of drug-likeness (QED) is 0.653. The summed E-state index contributed by atoms with van der Waals surface area (Å²) in [7, 11) is 0. The number of carboxylic acids is 1. The lowest BCUT2D eigenvalue weighted by Gasteiger charge is -2.31. The van der Waals surface area contributed by atoms with Crippen LogP contribution in [-0.4, -0.2) is 48.3 Å². The first-order valence-corrected chi connectivity index (χ1v) is 4.71. The van der Waals surface area contributed by atoms with Gasteiger partial charge in [0, 0.05) is 26.1 Å². The zero-order chi connectivity index (χ0) is 10.4. The molecule has 0 radical (unpaired) electrons. The predicted octanol–water partition coefficient (Wildman–Crippen LogP) is 0.185.